The Balaban J connectivity index is 2.84. The van der Waals surface area contributed by atoms with E-state index in [-0.39, 0.29) is 0 Å². The van der Waals surface area contributed by atoms with Crippen LogP contribution in [0.1, 0.15) is 16.7 Å². The van der Waals surface area contributed by atoms with E-state index in [2.05, 4.69) is 36.6 Å². The second kappa shape index (κ2) is 5.73. The molecular weight excluding hydrogens is 188 g/mol. The second-order valence-electron chi connectivity index (χ2n) is 3.72. The molecule has 0 saturated heterocycles. The molecule has 0 unspecified atom stereocenters. The Morgan fingerprint density at radius 3 is 2.60 bits per heavy atom. The van der Waals surface area contributed by atoms with Gasteiger partial charge >= 0.3 is 0 Å². The maximum absolute atomic E-state index is 5.38. The largest absolute Gasteiger partial charge is 0.496 e. The molecule has 0 saturated carbocycles. The summed E-state index contributed by atoms with van der Waals surface area (Å²) in [6.45, 7) is 5.83. The molecule has 0 aliphatic rings. The number of rotatable bonds is 5. The molecule has 3 heteroatoms. The summed E-state index contributed by atoms with van der Waals surface area (Å²) in [5, 5.41) is 6.35. The van der Waals surface area contributed by atoms with Gasteiger partial charge in [-0.3, -0.25) is 0 Å². The van der Waals surface area contributed by atoms with Gasteiger partial charge in [-0.25, -0.2) is 0 Å². The highest BCUT2D eigenvalue weighted by molar-refractivity contribution is 5.42. The zero-order chi connectivity index (χ0) is 11.3. The standard InChI is InChI=1S/C12H20N2O/c1-9-5-10(2)11(7-14-8-13-3)12(6-9)15-4/h5-6,13-14H,7-8H2,1-4H3. The SMILES string of the molecule is CNCNCc1c(C)cc(C)cc1OC. The van der Waals surface area contributed by atoms with E-state index in [1.165, 1.54) is 16.7 Å². The normalized spacial score (nSPS) is 10.4. The molecular formula is C12H20N2O. The fraction of sp³-hybridized carbons (Fsp3) is 0.500. The fourth-order valence-electron chi connectivity index (χ4n) is 1.68. The van der Waals surface area contributed by atoms with E-state index in [0.717, 1.165) is 19.0 Å². The molecule has 0 spiro atoms. The van der Waals surface area contributed by atoms with Crippen molar-refractivity contribution in [1.82, 2.24) is 10.6 Å². The van der Waals surface area contributed by atoms with Crippen molar-refractivity contribution in [3.63, 3.8) is 0 Å². The Kier molecular flexibility index (Phi) is 4.59. The zero-order valence-electron chi connectivity index (χ0n) is 9.98. The van der Waals surface area contributed by atoms with Crippen LogP contribution in [0.4, 0.5) is 0 Å². The number of aryl methyl sites for hydroxylation is 2. The van der Waals surface area contributed by atoms with Gasteiger partial charge in [-0.05, 0) is 38.1 Å². The van der Waals surface area contributed by atoms with Crippen LogP contribution in [0, 0.1) is 13.8 Å². The van der Waals surface area contributed by atoms with Crippen LogP contribution in [0.2, 0.25) is 0 Å². The molecule has 0 bridgehead atoms. The van der Waals surface area contributed by atoms with Crippen LogP contribution in [0.3, 0.4) is 0 Å². The van der Waals surface area contributed by atoms with E-state index in [9.17, 15) is 0 Å². The Morgan fingerprint density at radius 1 is 1.27 bits per heavy atom. The molecule has 1 aromatic carbocycles. The Hall–Kier alpha value is -1.06. The summed E-state index contributed by atoms with van der Waals surface area (Å²) >= 11 is 0. The summed E-state index contributed by atoms with van der Waals surface area (Å²) < 4.78 is 5.38. The number of hydrogen-bond donors (Lipinski definition) is 2. The molecule has 0 aromatic heterocycles. The molecule has 1 rings (SSSR count). The molecule has 15 heavy (non-hydrogen) atoms. The highest BCUT2D eigenvalue weighted by Gasteiger charge is 2.06. The maximum atomic E-state index is 5.38. The molecule has 0 fully saturated rings. The van der Waals surface area contributed by atoms with Gasteiger partial charge in [-0.2, -0.15) is 0 Å². The minimum Gasteiger partial charge on any atom is -0.496 e. The molecule has 0 atom stereocenters. The van der Waals surface area contributed by atoms with Crippen LogP contribution in [0.5, 0.6) is 5.75 Å². The van der Waals surface area contributed by atoms with Gasteiger partial charge < -0.3 is 15.4 Å². The van der Waals surface area contributed by atoms with Crippen molar-refractivity contribution in [1.29, 1.82) is 0 Å². The first-order valence-electron chi connectivity index (χ1n) is 5.18. The smallest absolute Gasteiger partial charge is 0.123 e. The summed E-state index contributed by atoms with van der Waals surface area (Å²) in [7, 11) is 3.64. The molecule has 0 aliphatic carbocycles. The van der Waals surface area contributed by atoms with Crippen LogP contribution in [-0.2, 0) is 6.54 Å². The molecule has 0 heterocycles. The van der Waals surface area contributed by atoms with Gasteiger partial charge in [0.25, 0.3) is 0 Å². The van der Waals surface area contributed by atoms with Crippen molar-refractivity contribution >= 4 is 0 Å². The second-order valence-corrected chi connectivity index (χ2v) is 3.72. The van der Waals surface area contributed by atoms with Gasteiger partial charge in [0.05, 0.1) is 7.11 Å². The third-order valence-corrected chi connectivity index (χ3v) is 2.40. The monoisotopic (exact) mass is 208 g/mol. The summed E-state index contributed by atoms with van der Waals surface area (Å²) in [6, 6.07) is 4.25. The highest BCUT2D eigenvalue weighted by atomic mass is 16.5. The predicted octanol–water partition coefficient (Wildman–Crippen LogP) is 1.58. The molecule has 2 N–H and O–H groups in total. The lowest BCUT2D eigenvalue weighted by Gasteiger charge is -2.13. The third kappa shape index (κ3) is 3.22. The number of benzene rings is 1. The van der Waals surface area contributed by atoms with Gasteiger partial charge in [-0.1, -0.05) is 6.07 Å². The van der Waals surface area contributed by atoms with Crippen LogP contribution in [-0.4, -0.2) is 20.8 Å². The van der Waals surface area contributed by atoms with Crippen molar-refractivity contribution in [3.05, 3.63) is 28.8 Å². The van der Waals surface area contributed by atoms with Gasteiger partial charge in [-0.15, -0.1) is 0 Å². The zero-order valence-corrected chi connectivity index (χ0v) is 9.98. The van der Waals surface area contributed by atoms with Crippen molar-refractivity contribution in [2.75, 3.05) is 20.8 Å². The van der Waals surface area contributed by atoms with E-state index in [0.29, 0.717) is 0 Å². The van der Waals surface area contributed by atoms with Crippen molar-refractivity contribution in [2.24, 2.45) is 0 Å². The lowest BCUT2D eigenvalue weighted by Crippen LogP contribution is -2.25. The number of hydrogen-bond acceptors (Lipinski definition) is 3. The van der Waals surface area contributed by atoms with Crippen molar-refractivity contribution < 1.29 is 4.74 Å². The van der Waals surface area contributed by atoms with Crippen LogP contribution >= 0.6 is 0 Å². The average Bonchev–Trinajstić information content (AvgIpc) is 2.20. The van der Waals surface area contributed by atoms with E-state index in [1.54, 1.807) is 7.11 Å². The minimum atomic E-state index is 0.802. The molecule has 0 radical (unpaired) electrons. The maximum Gasteiger partial charge on any atom is 0.123 e. The van der Waals surface area contributed by atoms with Gasteiger partial charge in [0.15, 0.2) is 0 Å². The number of ether oxygens (including phenoxy) is 1. The van der Waals surface area contributed by atoms with E-state index in [4.69, 9.17) is 4.74 Å². The minimum absolute atomic E-state index is 0.802. The molecule has 3 nitrogen and oxygen atoms in total. The molecule has 1 aromatic rings. The predicted molar refractivity (Wildman–Crippen MR) is 63.2 cm³/mol. The first kappa shape index (κ1) is 12.0. The van der Waals surface area contributed by atoms with Crippen LogP contribution in [0.25, 0.3) is 0 Å². The highest BCUT2D eigenvalue weighted by Crippen LogP contribution is 2.23. The van der Waals surface area contributed by atoms with Crippen molar-refractivity contribution in [2.45, 2.75) is 20.4 Å². The van der Waals surface area contributed by atoms with Crippen LogP contribution < -0.4 is 15.4 Å². The molecule has 84 valence electrons. The fourth-order valence-corrected chi connectivity index (χ4v) is 1.68. The van der Waals surface area contributed by atoms with Crippen LogP contribution in [0.15, 0.2) is 12.1 Å². The first-order valence-corrected chi connectivity index (χ1v) is 5.18. The number of nitrogens with one attached hydrogen (secondary N) is 2. The summed E-state index contributed by atoms with van der Waals surface area (Å²) in [6.07, 6.45) is 0. The third-order valence-electron chi connectivity index (χ3n) is 2.40. The van der Waals surface area contributed by atoms with E-state index >= 15 is 0 Å². The Labute approximate surface area is 91.8 Å². The quantitative estimate of drug-likeness (QED) is 0.569. The molecule has 0 aliphatic heterocycles. The average molecular weight is 208 g/mol. The first-order chi connectivity index (χ1) is 7.19. The topological polar surface area (TPSA) is 33.3 Å². The molecule has 0 amide bonds. The lowest BCUT2D eigenvalue weighted by molar-refractivity contribution is 0.406. The Bertz CT molecular complexity index is 324. The lowest BCUT2D eigenvalue weighted by atomic mass is 10.0. The van der Waals surface area contributed by atoms with Gasteiger partial charge in [0.2, 0.25) is 0 Å². The summed E-state index contributed by atoms with van der Waals surface area (Å²) in [5.41, 5.74) is 3.75. The number of methoxy groups -OCH3 is 1. The Morgan fingerprint density at radius 2 is 2.00 bits per heavy atom. The van der Waals surface area contributed by atoms with E-state index in [1.807, 2.05) is 7.05 Å². The summed E-state index contributed by atoms with van der Waals surface area (Å²) in [5.74, 6) is 0.969. The van der Waals surface area contributed by atoms with Crippen molar-refractivity contribution in [3.8, 4) is 5.75 Å². The van der Waals surface area contributed by atoms with Gasteiger partial charge in [0, 0.05) is 18.8 Å². The summed E-state index contributed by atoms with van der Waals surface area (Å²) in [4.78, 5) is 0. The van der Waals surface area contributed by atoms with E-state index < -0.39 is 0 Å². The van der Waals surface area contributed by atoms with Gasteiger partial charge in [0.1, 0.15) is 5.75 Å².